The van der Waals surface area contributed by atoms with Gasteiger partial charge in [-0.2, -0.15) is 0 Å². The number of allylic oxidation sites excluding steroid dienone is 1. The topological polar surface area (TPSA) is 64.1 Å². The first-order valence-electron chi connectivity index (χ1n) is 11.7. The molecule has 5 nitrogen and oxygen atoms in total. The summed E-state index contributed by atoms with van der Waals surface area (Å²) in [6, 6.07) is 14.2. The first-order chi connectivity index (χ1) is 16.6. The van der Waals surface area contributed by atoms with Gasteiger partial charge in [0.25, 0.3) is 0 Å². The molecule has 2 aliphatic carbocycles. The van der Waals surface area contributed by atoms with Gasteiger partial charge in [0.2, 0.25) is 5.91 Å². The van der Waals surface area contributed by atoms with Crippen molar-refractivity contribution < 1.29 is 9.53 Å². The van der Waals surface area contributed by atoms with Crippen LogP contribution < -0.4 is 10.1 Å². The van der Waals surface area contributed by atoms with E-state index in [1.807, 2.05) is 48.6 Å². The normalized spacial score (nSPS) is 13.3. The molecular weight excluding hydrogens is 422 g/mol. The second-order valence-corrected chi connectivity index (χ2v) is 8.62. The van der Waals surface area contributed by atoms with Gasteiger partial charge in [-0.15, -0.1) is 5.73 Å². The summed E-state index contributed by atoms with van der Waals surface area (Å²) in [5.74, 6) is 1.33. The first-order valence-corrected chi connectivity index (χ1v) is 11.7. The number of aromatic nitrogens is 2. The number of benzene rings is 2. The van der Waals surface area contributed by atoms with Gasteiger partial charge in [-0.3, -0.25) is 4.79 Å². The van der Waals surface area contributed by atoms with Gasteiger partial charge in [-0.25, -0.2) is 9.97 Å². The second kappa shape index (κ2) is 9.50. The zero-order valence-corrected chi connectivity index (χ0v) is 19.5. The Labute approximate surface area is 199 Å². The number of carbonyl (C=O) groups is 1. The van der Waals surface area contributed by atoms with E-state index in [0.717, 1.165) is 70.8 Å². The summed E-state index contributed by atoms with van der Waals surface area (Å²) < 4.78 is 5.39. The second-order valence-electron chi connectivity index (χ2n) is 8.62. The van der Waals surface area contributed by atoms with Gasteiger partial charge in [-0.1, -0.05) is 43.7 Å². The molecule has 0 atom stereocenters. The van der Waals surface area contributed by atoms with Gasteiger partial charge < -0.3 is 10.1 Å². The van der Waals surface area contributed by atoms with Crippen molar-refractivity contribution in [3.05, 3.63) is 87.9 Å². The molecule has 0 fully saturated rings. The first kappa shape index (κ1) is 21.9. The molecule has 0 unspecified atom stereocenters. The highest BCUT2D eigenvalue weighted by Gasteiger charge is 2.23. The van der Waals surface area contributed by atoms with Crippen LogP contribution in [0, 0.1) is 0 Å². The molecule has 0 aliphatic heterocycles. The molecule has 1 aromatic heterocycles. The van der Waals surface area contributed by atoms with Crippen LogP contribution in [0.5, 0.6) is 5.75 Å². The lowest BCUT2D eigenvalue weighted by Crippen LogP contribution is -2.18. The van der Waals surface area contributed by atoms with E-state index in [4.69, 9.17) is 14.7 Å². The van der Waals surface area contributed by atoms with E-state index in [9.17, 15) is 4.79 Å². The van der Waals surface area contributed by atoms with Gasteiger partial charge in [-0.05, 0) is 71.9 Å². The number of ether oxygens (including phenoxy) is 1. The number of fused-ring (bicyclic) bond motifs is 4. The van der Waals surface area contributed by atoms with E-state index in [2.05, 4.69) is 30.1 Å². The summed E-state index contributed by atoms with van der Waals surface area (Å²) in [5, 5.41) is 3.05. The molecule has 5 rings (SSSR count). The number of carbonyl (C=O) groups excluding carboxylic acids is 1. The van der Waals surface area contributed by atoms with Crippen LogP contribution >= 0.6 is 0 Å². The van der Waals surface area contributed by atoms with E-state index in [0.29, 0.717) is 5.82 Å². The zero-order chi connectivity index (χ0) is 23.5. The number of aryl methyl sites for hydroxylation is 3. The van der Waals surface area contributed by atoms with Crippen LogP contribution in [-0.2, 0) is 24.1 Å². The summed E-state index contributed by atoms with van der Waals surface area (Å²) in [6.45, 7) is 2.11. The van der Waals surface area contributed by atoms with Gasteiger partial charge in [0.05, 0.1) is 30.6 Å². The Bertz CT molecular complexity index is 1360. The van der Waals surface area contributed by atoms with E-state index in [-0.39, 0.29) is 12.3 Å². The molecule has 3 aromatic rings. The summed E-state index contributed by atoms with van der Waals surface area (Å²) in [4.78, 5) is 22.9. The third kappa shape index (κ3) is 4.43. The van der Waals surface area contributed by atoms with Crippen LogP contribution in [0.4, 0.5) is 5.82 Å². The molecular formula is C29H27N3O2. The molecule has 2 aromatic carbocycles. The van der Waals surface area contributed by atoms with E-state index in [1.165, 1.54) is 5.56 Å². The molecule has 1 heterocycles. The fourth-order valence-corrected chi connectivity index (χ4v) is 4.51. The Morgan fingerprint density at radius 3 is 2.76 bits per heavy atom. The average molecular weight is 450 g/mol. The Hall–Kier alpha value is -3.95. The monoisotopic (exact) mass is 449 g/mol. The summed E-state index contributed by atoms with van der Waals surface area (Å²) in [7, 11) is 1.68. The molecule has 34 heavy (non-hydrogen) atoms. The molecule has 1 amide bonds. The molecule has 1 N–H and O–H groups in total. The number of nitrogens with zero attached hydrogens (tertiary/aromatic N) is 2. The van der Waals surface area contributed by atoms with Crippen molar-refractivity contribution in [3.8, 4) is 17.0 Å². The third-order valence-corrected chi connectivity index (χ3v) is 6.19. The van der Waals surface area contributed by atoms with Crippen molar-refractivity contribution in [3.63, 3.8) is 0 Å². The third-order valence-electron chi connectivity index (χ3n) is 6.19. The largest absolute Gasteiger partial charge is 0.497 e. The smallest absolute Gasteiger partial charge is 0.230 e. The molecule has 5 heteroatoms. The molecule has 0 saturated heterocycles. The van der Waals surface area contributed by atoms with Crippen LogP contribution in [0.1, 0.15) is 47.8 Å². The lowest BCUT2D eigenvalue weighted by Gasteiger charge is -2.21. The lowest BCUT2D eigenvalue weighted by atomic mass is 9.91. The van der Waals surface area contributed by atoms with Crippen molar-refractivity contribution >= 4 is 23.9 Å². The van der Waals surface area contributed by atoms with E-state index >= 15 is 0 Å². The van der Waals surface area contributed by atoms with Gasteiger partial charge >= 0.3 is 0 Å². The van der Waals surface area contributed by atoms with Crippen molar-refractivity contribution in [1.29, 1.82) is 0 Å². The zero-order valence-electron chi connectivity index (χ0n) is 19.5. The number of methoxy groups -OCH3 is 1. The molecule has 0 radical (unpaired) electrons. The Morgan fingerprint density at radius 2 is 1.94 bits per heavy atom. The minimum Gasteiger partial charge on any atom is -0.497 e. The average Bonchev–Trinajstić information content (AvgIpc) is 3.05. The molecule has 0 saturated carbocycles. The molecule has 0 spiro atoms. The molecule has 170 valence electrons. The van der Waals surface area contributed by atoms with Crippen LogP contribution in [0.3, 0.4) is 0 Å². The van der Waals surface area contributed by atoms with Crippen LogP contribution in [0.2, 0.25) is 0 Å². The Balaban J connectivity index is 1.41. The quantitative estimate of drug-likeness (QED) is 0.483. The standard InChI is InChI=1S/C29H27N3O2/c1-3-7-26-29(31-25-15-12-22-18-23(34-2)13-14-24(22)28(25)30-26)32-27(33)17-19-8-6-11-20-9-4-5-10-21(20)16-19/h4-5,8-11,13-14,16,18H,3,7,12,15,17H2,1-2H3,(H,31,32,33). The number of hydrogen-bond donors (Lipinski definition) is 1. The van der Waals surface area contributed by atoms with Crippen LogP contribution in [-0.4, -0.2) is 23.0 Å². The maximum absolute atomic E-state index is 13.0. The number of hydrogen-bond acceptors (Lipinski definition) is 4. The summed E-state index contributed by atoms with van der Waals surface area (Å²) in [5.41, 5.74) is 11.3. The number of rotatable bonds is 6. The predicted octanol–water partition coefficient (Wildman–Crippen LogP) is 5.80. The molecule has 0 bridgehead atoms. The van der Waals surface area contributed by atoms with Gasteiger partial charge in [0.1, 0.15) is 5.75 Å². The van der Waals surface area contributed by atoms with Crippen molar-refractivity contribution in [2.45, 2.75) is 39.0 Å². The Kier molecular flexibility index (Phi) is 6.11. The van der Waals surface area contributed by atoms with E-state index < -0.39 is 0 Å². The number of amides is 1. The minimum absolute atomic E-state index is 0.101. The number of nitrogens with one attached hydrogen (secondary N) is 1. The fraction of sp³-hybridized carbons (Fsp3) is 0.241. The predicted molar refractivity (Wildman–Crippen MR) is 136 cm³/mol. The SMILES string of the molecule is CCCc1nc2c(nc1NC(=O)CC1=Cc3ccccc3C=C=C1)CCc1cc(OC)ccc1-2. The maximum atomic E-state index is 13.0. The molecule has 2 aliphatic rings. The van der Waals surface area contributed by atoms with E-state index in [1.54, 1.807) is 7.11 Å². The minimum atomic E-state index is -0.101. The van der Waals surface area contributed by atoms with Crippen molar-refractivity contribution in [2.24, 2.45) is 0 Å². The summed E-state index contributed by atoms with van der Waals surface area (Å²) in [6.07, 6.45) is 9.44. The number of anilines is 1. The highest BCUT2D eigenvalue weighted by atomic mass is 16.5. The van der Waals surface area contributed by atoms with Crippen LogP contribution in [0.15, 0.2) is 59.8 Å². The van der Waals surface area contributed by atoms with Gasteiger partial charge in [0.15, 0.2) is 5.82 Å². The highest BCUT2D eigenvalue weighted by Crippen LogP contribution is 2.35. The lowest BCUT2D eigenvalue weighted by molar-refractivity contribution is -0.115. The van der Waals surface area contributed by atoms with Gasteiger partial charge in [0, 0.05) is 5.56 Å². The Morgan fingerprint density at radius 1 is 1.09 bits per heavy atom. The fourth-order valence-electron chi connectivity index (χ4n) is 4.51. The van der Waals surface area contributed by atoms with Crippen molar-refractivity contribution in [2.75, 3.05) is 12.4 Å². The summed E-state index contributed by atoms with van der Waals surface area (Å²) >= 11 is 0. The highest BCUT2D eigenvalue weighted by molar-refractivity contribution is 5.93. The van der Waals surface area contributed by atoms with Crippen LogP contribution in [0.25, 0.3) is 23.4 Å². The van der Waals surface area contributed by atoms with Crippen molar-refractivity contribution in [1.82, 2.24) is 9.97 Å². The maximum Gasteiger partial charge on any atom is 0.230 e.